The molecule has 172 valence electrons. The Hall–Kier alpha value is -2.56. The van der Waals surface area contributed by atoms with E-state index in [1.807, 2.05) is 45.0 Å². The minimum absolute atomic E-state index is 0.0369. The molecular weight excluding hydrogens is 402 g/mol. The molecule has 0 aromatic heterocycles. The summed E-state index contributed by atoms with van der Waals surface area (Å²) in [6.45, 7) is 5.91. The van der Waals surface area contributed by atoms with Gasteiger partial charge in [-0.3, -0.25) is 4.79 Å². The normalized spacial score (nSPS) is 22.4. The lowest BCUT2D eigenvalue weighted by Gasteiger charge is -2.34. The van der Waals surface area contributed by atoms with E-state index >= 15 is 0 Å². The Morgan fingerprint density at radius 2 is 1.69 bits per heavy atom. The number of hydrogen-bond donors (Lipinski definition) is 1. The zero-order valence-electron chi connectivity index (χ0n) is 19.5. The molecule has 0 amide bonds. The van der Waals surface area contributed by atoms with Crippen LogP contribution in [-0.2, 0) is 14.3 Å². The Morgan fingerprint density at radius 3 is 2.34 bits per heavy atom. The second-order valence-corrected chi connectivity index (χ2v) is 9.52. The Morgan fingerprint density at radius 1 is 1.00 bits per heavy atom. The number of benzene rings is 1. The molecule has 3 aliphatic rings. The van der Waals surface area contributed by atoms with Crippen LogP contribution in [0, 0.1) is 0 Å². The highest BCUT2D eigenvalue weighted by Gasteiger charge is 2.39. The van der Waals surface area contributed by atoms with E-state index < -0.39 is 5.92 Å². The third-order valence-corrected chi connectivity index (χ3v) is 6.66. The van der Waals surface area contributed by atoms with E-state index in [2.05, 4.69) is 5.32 Å². The number of rotatable bonds is 5. The fourth-order valence-electron chi connectivity index (χ4n) is 5.17. The van der Waals surface area contributed by atoms with E-state index in [4.69, 9.17) is 9.47 Å². The quantitative estimate of drug-likeness (QED) is 0.472. The topological polar surface area (TPSA) is 64.6 Å². The third-order valence-electron chi connectivity index (χ3n) is 6.66. The van der Waals surface area contributed by atoms with Gasteiger partial charge in [0.25, 0.3) is 0 Å². The molecule has 0 spiro atoms. The first-order chi connectivity index (χ1) is 15.4. The Labute approximate surface area is 191 Å². The summed E-state index contributed by atoms with van der Waals surface area (Å²) in [5, 5.41) is 3.38. The molecule has 0 saturated heterocycles. The summed E-state index contributed by atoms with van der Waals surface area (Å²) in [6, 6.07) is 7.81. The van der Waals surface area contributed by atoms with Crippen molar-refractivity contribution in [2.75, 3.05) is 0 Å². The molecule has 1 N–H and O–H groups in total. The molecule has 32 heavy (non-hydrogen) atoms. The fourth-order valence-corrected chi connectivity index (χ4v) is 5.17. The van der Waals surface area contributed by atoms with Gasteiger partial charge < -0.3 is 14.8 Å². The lowest BCUT2D eigenvalue weighted by atomic mass is 9.75. The van der Waals surface area contributed by atoms with E-state index in [9.17, 15) is 9.59 Å². The maximum absolute atomic E-state index is 13.5. The first-order valence-corrected chi connectivity index (χ1v) is 12.2. The van der Waals surface area contributed by atoms with Crippen molar-refractivity contribution in [2.24, 2.45) is 0 Å². The summed E-state index contributed by atoms with van der Waals surface area (Å²) in [5.74, 6) is 0.216. The van der Waals surface area contributed by atoms with Gasteiger partial charge >= 0.3 is 5.97 Å². The van der Waals surface area contributed by atoms with Gasteiger partial charge in [-0.25, -0.2) is 4.79 Å². The van der Waals surface area contributed by atoms with Crippen LogP contribution in [0.5, 0.6) is 5.75 Å². The van der Waals surface area contributed by atoms with Gasteiger partial charge in [0.05, 0.1) is 11.7 Å². The number of nitrogens with one attached hydrogen (secondary N) is 1. The lowest BCUT2D eigenvalue weighted by molar-refractivity contribution is -0.145. The number of ketones is 1. The summed E-state index contributed by atoms with van der Waals surface area (Å²) in [7, 11) is 0. The van der Waals surface area contributed by atoms with E-state index in [0.29, 0.717) is 12.0 Å². The standard InChI is InChI=1S/C27H35NO4/c1-17(2)31-21-15-13-19(14-16-21)25-24(27(30)32-20-9-6-4-5-7-10-20)18(3)28-22-11-8-12-23(29)26(22)25/h13-17,20,25,28H,4-12H2,1-3H3/t25-/m0/s1. The third kappa shape index (κ3) is 4.92. The predicted molar refractivity (Wildman–Crippen MR) is 124 cm³/mol. The summed E-state index contributed by atoms with van der Waals surface area (Å²) in [5.41, 5.74) is 3.98. The van der Waals surface area contributed by atoms with Gasteiger partial charge in [-0.05, 0) is 77.0 Å². The zero-order valence-corrected chi connectivity index (χ0v) is 19.5. The van der Waals surface area contributed by atoms with Gasteiger partial charge in [0.2, 0.25) is 0 Å². The van der Waals surface area contributed by atoms with Crippen LogP contribution >= 0.6 is 0 Å². The highest BCUT2D eigenvalue weighted by Crippen LogP contribution is 2.43. The van der Waals surface area contributed by atoms with Crippen LogP contribution in [0.3, 0.4) is 0 Å². The molecule has 5 heteroatoms. The fraction of sp³-hybridized carbons (Fsp3) is 0.556. The first-order valence-electron chi connectivity index (χ1n) is 12.2. The van der Waals surface area contributed by atoms with Crippen LogP contribution in [0.25, 0.3) is 0 Å². The predicted octanol–water partition coefficient (Wildman–Crippen LogP) is 5.71. The Bertz CT molecular complexity index is 917. The molecule has 0 bridgehead atoms. The van der Waals surface area contributed by atoms with Gasteiger partial charge in [-0.1, -0.05) is 25.0 Å². The zero-order chi connectivity index (χ0) is 22.7. The highest BCUT2D eigenvalue weighted by atomic mass is 16.5. The van der Waals surface area contributed by atoms with Crippen molar-refractivity contribution in [1.82, 2.24) is 5.32 Å². The second kappa shape index (κ2) is 9.93. The maximum atomic E-state index is 13.5. The van der Waals surface area contributed by atoms with E-state index in [0.717, 1.165) is 66.8 Å². The second-order valence-electron chi connectivity index (χ2n) is 9.52. The number of carbonyl (C=O) groups is 2. The van der Waals surface area contributed by atoms with E-state index in [1.54, 1.807) is 0 Å². The van der Waals surface area contributed by atoms with Gasteiger partial charge in [-0.15, -0.1) is 0 Å². The molecule has 1 fully saturated rings. The summed E-state index contributed by atoms with van der Waals surface area (Å²) >= 11 is 0. The lowest BCUT2D eigenvalue weighted by Crippen LogP contribution is -2.35. The average molecular weight is 438 g/mol. The van der Waals surface area contributed by atoms with Crippen LogP contribution in [0.15, 0.2) is 46.8 Å². The molecule has 4 rings (SSSR count). The molecule has 1 aromatic carbocycles. The minimum atomic E-state index is -0.398. The largest absolute Gasteiger partial charge is 0.491 e. The molecule has 1 aliphatic heterocycles. The van der Waals surface area contributed by atoms with Crippen molar-refractivity contribution in [3.8, 4) is 5.75 Å². The first kappa shape index (κ1) is 22.6. The number of hydrogen-bond acceptors (Lipinski definition) is 5. The smallest absolute Gasteiger partial charge is 0.337 e. The van der Waals surface area contributed by atoms with Crippen molar-refractivity contribution in [3.05, 3.63) is 52.4 Å². The van der Waals surface area contributed by atoms with Crippen molar-refractivity contribution in [2.45, 2.75) is 96.7 Å². The van der Waals surface area contributed by atoms with Crippen LogP contribution in [-0.4, -0.2) is 24.0 Å². The number of carbonyl (C=O) groups excluding carboxylic acids is 2. The van der Waals surface area contributed by atoms with Crippen LogP contribution in [0.2, 0.25) is 0 Å². The van der Waals surface area contributed by atoms with E-state index in [-0.39, 0.29) is 24.0 Å². The molecule has 0 unspecified atom stereocenters. The van der Waals surface area contributed by atoms with Gasteiger partial charge in [-0.2, -0.15) is 0 Å². The molecular formula is C27H35NO4. The summed E-state index contributed by atoms with van der Waals surface area (Å²) < 4.78 is 11.8. The highest BCUT2D eigenvalue weighted by molar-refractivity contribution is 6.03. The van der Waals surface area contributed by atoms with Crippen molar-refractivity contribution in [1.29, 1.82) is 0 Å². The molecule has 1 heterocycles. The minimum Gasteiger partial charge on any atom is -0.491 e. The van der Waals surface area contributed by atoms with Crippen LogP contribution < -0.4 is 10.1 Å². The monoisotopic (exact) mass is 437 g/mol. The number of esters is 1. The van der Waals surface area contributed by atoms with Crippen LogP contribution in [0.1, 0.15) is 90.0 Å². The maximum Gasteiger partial charge on any atom is 0.337 e. The number of ether oxygens (including phenoxy) is 2. The number of allylic oxidation sites excluding steroid dienone is 3. The molecule has 0 radical (unpaired) electrons. The molecule has 1 atom stereocenters. The average Bonchev–Trinajstić information content (AvgIpc) is 3.01. The van der Waals surface area contributed by atoms with Gasteiger partial charge in [0.15, 0.2) is 5.78 Å². The number of Topliss-reactive ketones (excluding diaryl/α,β-unsaturated/α-hetero) is 1. The molecule has 5 nitrogen and oxygen atoms in total. The van der Waals surface area contributed by atoms with Crippen molar-refractivity contribution >= 4 is 11.8 Å². The SMILES string of the molecule is CC1=C(C(=O)OC2CCCCCC2)[C@H](c2ccc(OC(C)C)cc2)C2=C(CCCC2=O)N1. The van der Waals surface area contributed by atoms with Gasteiger partial charge in [0, 0.05) is 29.3 Å². The van der Waals surface area contributed by atoms with Gasteiger partial charge in [0.1, 0.15) is 11.9 Å². The Kier molecular flexibility index (Phi) is 7.02. The molecule has 1 aromatic rings. The van der Waals surface area contributed by atoms with Crippen molar-refractivity contribution in [3.63, 3.8) is 0 Å². The summed E-state index contributed by atoms with van der Waals surface area (Å²) in [4.78, 5) is 26.5. The van der Waals surface area contributed by atoms with Crippen molar-refractivity contribution < 1.29 is 19.1 Å². The molecule has 1 saturated carbocycles. The Balaban J connectivity index is 1.68. The molecule has 2 aliphatic carbocycles. The van der Waals surface area contributed by atoms with E-state index in [1.165, 1.54) is 12.8 Å². The van der Waals surface area contributed by atoms with Crippen LogP contribution in [0.4, 0.5) is 0 Å². The number of dihydropyridines is 1. The summed E-state index contributed by atoms with van der Waals surface area (Å²) in [6.07, 6.45) is 8.69.